The average Bonchev–Trinajstić information content (AvgIpc) is 2.30. The number of nitrogen functional groups attached to an aromatic ring is 1. The number of hydrogen-bond acceptors (Lipinski definition) is 2. The lowest BCUT2D eigenvalue weighted by Gasteiger charge is -2.15. The highest BCUT2D eigenvalue weighted by Crippen LogP contribution is 2.28. The van der Waals surface area contributed by atoms with Gasteiger partial charge in [-0.25, -0.2) is 0 Å². The number of hydrogen-bond donors (Lipinski definition) is 2. The van der Waals surface area contributed by atoms with Crippen LogP contribution in [0.25, 0.3) is 0 Å². The summed E-state index contributed by atoms with van der Waals surface area (Å²) in [6.07, 6.45) is 0. The zero-order valence-corrected chi connectivity index (χ0v) is 8.46. The van der Waals surface area contributed by atoms with Gasteiger partial charge in [-0.2, -0.15) is 0 Å². The molecule has 1 aromatic rings. The second-order valence-corrected chi connectivity index (χ2v) is 4.91. The summed E-state index contributed by atoms with van der Waals surface area (Å²) in [5.41, 5.74) is 5.53. The fraction of sp³-hybridized carbons (Fsp3) is 0.444. The van der Waals surface area contributed by atoms with E-state index in [-0.39, 0.29) is 11.3 Å². The molecule has 1 rings (SSSR count). The van der Waals surface area contributed by atoms with E-state index in [1.54, 1.807) is 11.3 Å². The first-order valence-corrected chi connectivity index (χ1v) is 4.67. The highest BCUT2D eigenvalue weighted by atomic mass is 32.1. The summed E-state index contributed by atoms with van der Waals surface area (Å²) in [5.74, 6) is 0.163. The minimum atomic E-state index is 0.163. The van der Waals surface area contributed by atoms with Crippen LogP contribution in [-0.4, -0.2) is 5.84 Å². The summed E-state index contributed by atoms with van der Waals surface area (Å²) in [5, 5.41) is 7.24. The quantitative estimate of drug-likeness (QED) is 0.508. The predicted octanol–water partition coefficient (Wildman–Crippen LogP) is 2.33. The first-order valence-electron chi connectivity index (χ1n) is 3.86. The Kier molecular flexibility index (Phi) is 2.24. The standard InChI is InChI=1S/C9H14N2S/c1-9(2,3)7-5-4-6(12-7)8(10)11/h4-5H,1-3H3,(H3,10,11). The molecule has 0 aliphatic heterocycles. The number of nitrogens with one attached hydrogen (secondary N) is 1. The normalized spacial score (nSPS) is 11.6. The lowest BCUT2D eigenvalue weighted by Crippen LogP contribution is -2.09. The van der Waals surface area contributed by atoms with Crippen molar-refractivity contribution in [2.24, 2.45) is 5.73 Å². The molecule has 0 aliphatic carbocycles. The molecule has 0 saturated carbocycles. The van der Waals surface area contributed by atoms with Crippen LogP contribution in [0.4, 0.5) is 0 Å². The van der Waals surface area contributed by atoms with Crippen LogP contribution >= 0.6 is 11.3 Å². The van der Waals surface area contributed by atoms with Crippen molar-refractivity contribution in [1.29, 1.82) is 5.41 Å². The molecule has 0 aliphatic rings. The molecule has 0 saturated heterocycles. The summed E-state index contributed by atoms with van der Waals surface area (Å²) in [6.45, 7) is 6.47. The predicted molar refractivity (Wildman–Crippen MR) is 54.0 cm³/mol. The summed E-state index contributed by atoms with van der Waals surface area (Å²) in [6, 6.07) is 3.95. The van der Waals surface area contributed by atoms with Gasteiger partial charge in [-0.1, -0.05) is 20.8 Å². The maximum atomic E-state index is 7.24. The molecule has 0 bridgehead atoms. The van der Waals surface area contributed by atoms with Gasteiger partial charge in [0.25, 0.3) is 0 Å². The van der Waals surface area contributed by atoms with Gasteiger partial charge in [0.15, 0.2) is 0 Å². The molecule has 0 aromatic carbocycles. The third-order valence-corrected chi connectivity index (χ3v) is 3.15. The number of thiophene rings is 1. The van der Waals surface area contributed by atoms with Crippen LogP contribution in [0, 0.1) is 5.41 Å². The Hall–Kier alpha value is -0.830. The van der Waals surface area contributed by atoms with Gasteiger partial charge in [-0.15, -0.1) is 11.3 Å². The summed E-state index contributed by atoms with van der Waals surface area (Å²) < 4.78 is 0. The largest absolute Gasteiger partial charge is 0.383 e. The molecule has 12 heavy (non-hydrogen) atoms. The highest BCUT2D eigenvalue weighted by molar-refractivity contribution is 7.14. The van der Waals surface area contributed by atoms with Crippen molar-refractivity contribution in [2.45, 2.75) is 26.2 Å². The van der Waals surface area contributed by atoms with E-state index in [9.17, 15) is 0 Å². The summed E-state index contributed by atoms with van der Waals surface area (Å²) in [7, 11) is 0. The maximum Gasteiger partial charge on any atom is 0.133 e. The van der Waals surface area contributed by atoms with Crippen LogP contribution in [0.1, 0.15) is 30.5 Å². The van der Waals surface area contributed by atoms with Crippen LogP contribution in [-0.2, 0) is 5.41 Å². The molecule has 1 heterocycles. The molecule has 0 spiro atoms. The van der Waals surface area contributed by atoms with E-state index in [0.29, 0.717) is 0 Å². The van der Waals surface area contributed by atoms with Crippen LogP contribution in [0.3, 0.4) is 0 Å². The highest BCUT2D eigenvalue weighted by Gasteiger charge is 2.16. The fourth-order valence-electron chi connectivity index (χ4n) is 0.886. The minimum absolute atomic E-state index is 0.163. The third kappa shape index (κ3) is 1.85. The van der Waals surface area contributed by atoms with E-state index in [0.717, 1.165) is 4.88 Å². The zero-order chi connectivity index (χ0) is 9.35. The van der Waals surface area contributed by atoms with Gasteiger partial charge in [-0.05, 0) is 17.5 Å². The molecular formula is C9H14N2S. The van der Waals surface area contributed by atoms with Gasteiger partial charge in [0.2, 0.25) is 0 Å². The van der Waals surface area contributed by atoms with E-state index in [4.69, 9.17) is 11.1 Å². The number of nitrogens with two attached hydrogens (primary N) is 1. The van der Waals surface area contributed by atoms with E-state index in [1.165, 1.54) is 4.88 Å². The van der Waals surface area contributed by atoms with Crippen molar-refractivity contribution in [2.75, 3.05) is 0 Å². The zero-order valence-electron chi connectivity index (χ0n) is 7.64. The second kappa shape index (κ2) is 2.90. The van der Waals surface area contributed by atoms with E-state index in [1.807, 2.05) is 12.1 Å². The maximum absolute atomic E-state index is 7.24. The molecule has 0 amide bonds. The molecule has 0 atom stereocenters. The fourth-order valence-corrected chi connectivity index (χ4v) is 1.81. The second-order valence-electron chi connectivity index (χ2n) is 3.83. The van der Waals surface area contributed by atoms with Gasteiger partial charge in [0.1, 0.15) is 5.84 Å². The van der Waals surface area contributed by atoms with Crippen LogP contribution in [0.2, 0.25) is 0 Å². The lowest BCUT2D eigenvalue weighted by molar-refractivity contribution is 0.604. The Labute approximate surface area is 76.9 Å². The average molecular weight is 182 g/mol. The summed E-state index contributed by atoms with van der Waals surface area (Å²) in [4.78, 5) is 2.13. The Morgan fingerprint density at radius 2 is 2.00 bits per heavy atom. The smallest absolute Gasteiger partial charge is 0.133 e. The van der Waals surface area contributed by atoms with E-state index >= 15 is 0 Å². The molecule has 0 radical (unpaired) electrons. The van der Waals surface area contributed by atoms with Crippen molar-refractivity contribution in [3.05, 3.63) is 21.9 Å². The summed E-state index contributed by atoms with van der Waals surface area (Å²) >= 11 is 1.60. The van der Waals surface area contributed by atoms with Gasteiger partial charge >= 0.3 is 0 Å². The third-order valence-electron chi connectivity index (χ3n) is 1.61. The molecule has 0 fully saturated rings. The van der Waals surface area contributed by atoms with E-state index < -0.39 is 0 Å². The van der Waals surface area contributed by atoms with Gasteiger partial charge < -0.3 is 5.73 Å². The van der Waals surface area contributed by atoms with Gasteiger partial charge in [-0.3, -0.25) is 5.41 Å². The van der Waals surface area contributed by atoms with Crippen LogP contribution in [0.15, 0.2) is 12.1 Å². The van der Waals surface area contributed by atoms with Gasteiger partial charge in [0, 0.05) is 4.88 Å². The first kappa shape index (κ1) is 9.26. The van der Waals surface area contributed by atoms with Crippen molar-refractivity contribution in [3.8, 4) is 0 Å². The van der Waals surface area contributed by atoms with Crippen molar-refractivity contribution in [1.82, 2.24) is 0 Å². The minimum Gasteiger partial charge on any atom is -0.383 e. The molecule has 0 unspecified atom stereocenters. The lowest BCUT2D eigenvalue weighted by atomic mass is 9.95. The molecular weight excluding hydrogens is 168 g/mol. The van der Waals surface area contributed by atoms with Crippen molar-refractivity contribution >= 4 is 17.2 Å². The molecule has 66 valence electrons. The van der Waals surface area contributed by atoms with Crippen molar-refractivity contribution in [3.63, 3.8) is 0 Å². The topological polar surface area (TPSA) is 49.9 Å². The van der Waals surface area contributed by atoms with E-state index in [2.05, 4.69) is 20.8 Å². The number of amidine groups is 1. The monoisotopic (exact) mass is 182 g/mol. The Balaban J connectivity index is 3.00. The first-order chi connectivity index (χ1) is 5.41. The SMILES string of the molecule is CC(C)(C)c1ccc(C(=N)N)s1. The van der Waals surface area contributed by atoms with Crippen LogP contribution < -0.4 is 5.73 Å². The molecule has 1 aromatic heterocycles. The van der Waals surface area contributed by atoms with Crippen LogP contribution in [0.5, 0.6) is 0 Å². The molecule has 3 heteroatoms. The van der Waals surface area contributed by atoms with Gasteiger partial charge in [0.05, 0.1) is 4.88 Å². The Morgan fingerprint density at radius 1 is 1.42 bits per heavy atom. The molecule has 2 nitrogen and oxygen atoms in total. The van der Waals surface area contributed by atoms with Crippen molar-refractivity contribution < 1.29 is 0 Å². The Bertz CT molecular complexity index is 294. The molecule has 3 N–H and O–H groups in total. The Morgan fingerprint density at radius 3 is 2.25 bits per heavy atom. The number of rotatable bonds is 1.